The number of nitrogens with one attached hydrogen (secondary N) is 1. The highest BCUT2D eigenvalue weighted by atomic mass is 127. The Bertz CT molecular complexity index is 518. The van der Waals surface area contributed by atoms with Crippen molar-refractivity contribution in [2.75, 3.05) is 11.9 Å². The molecule has 1 atom stereocenters. The number of benzene rings is 1. The number of aliphatic hydroxyl groups excluding tert-OH is 1. The molecule has 0 saturated carbocycles. The summed E-state index contributed by atoms with van der Waals surface area (Å²) in [4.78, 5) is 0. The van der Waals surface area contributed by atoms with Crippen molar-refractivity contribution in [2.45, 2.75) is 54.1 Å². The Labute approximate surface area is 165 Å². The summed E-state index contributed by atoms with van der Waals surface area (Å²) in [5.74, 6) is 2.45. The SMILES string of the molecule is CC.CC.CC.OC1CNc2c(cc(Br)c(F)c2C#CSI)C1. The minimum absolute atomic E-state index is 0.356. The average molecular weight is 518 g/mol. The molecule has 0 aromatic heterocycles. The molecule has 2 nitrogen and oxygen atoms in total. The van der Waals surface area contributed by atoms with Crippen molar-refractivity contribution in [1.29, 1.82) is 0 Å². The van der Waals surface area contributed by atoms with Gasteiger partial charge in [0.1, 0.15) is 0 Å². The average Bonchev–Trinajstić information content (AvgIpc) is 2.61. The standard InChI is InChI=1S/C11H8BrFINOS.3C2H6/c12-9-4-6-3-7(16)5-15-11(6)8(10(9)13)1-2-17-14;3*1-2/h4,7,15-16H,3,5H2;3*1-2H3. The van der Waals surface area contributed by atoms with E-state index in [-0.39, 0.29) is 5.82 Å². The molecule has 1 aromatic carbocycles. The van der Waals surface area contributed by atoms with Crippen LogP contribution in [0.2, 0.25) is 0 Å². The maximum Gasteiger partial charge on any atom is 0.155 e. The second-order valence-electron chi connectivity index (χ2n) is 3.62. The summed E-state index contributed by atoms with van der Waals surface area (Å²) < 4.78 is 14.3. The van der Waals surface area contributed by atoms with Gasteiger partial charge in [0.05, 0.1) is 21.8 Å². The zero-order valence-electron chi connectivity index (χ0n) is 14.6. The lowest BCUT2D eigenvalue weighted by molar-refractivity contribution is 0.184. The first-order valence-corrected chi connectivity index (χ1v) is 12.0. The van der Waals surface area contributed by atoms with Crippen LogP contribution < -0.4 is 5.32 Å². The van der Waals surface area contributed by atoms with E-state index in [0.29, 0.717) is 28.7 Å². The first-order chi connectivity index (χ1) is 11.1. The van der Waals surface area contributed by atoms with E-state index in [0.717, 1.165) is 5.56 Å². The third kappa shape index (κ3) is 8.10. The lowest BCUT2D eigenvalue weighted by Gasteiger charge is -2.24. The number of fused-ring (bicyclic) bond motifs is 1. The van der Waals surface area contributed by atoms with Gasteiger partial charge in [-0.1, -0.05) is 41.5 Å². The van der Waals surface area contributed by atoms with Gasteiger partial charge < -0.3 is 10.4 Å². The zero-order valence-corrected chi connectivity index (χ0v) is 19.1. The van der Waals surface area contributed by atoms with Gasteiger partial charge in [-0.05, 0) is 47.7 Å². The fourth-order valence-corrected chi connectivity index (χ4v) is 2.72. The lowest BCUT2D eigenvalue weighted by Crippen LogP contribution is -2.28. The molecule has 132 valence electrons. The van der Waals surface area contributed by atoms with Crippen LogP contribution in [0.15, 0.2) is 10.5 Å². The third-order valence-corrected chi connectivity index (χ3v) is 3.90. The summed E-state index contributed by atoms with van der Waals surface area (Å²) in [7, 11) is 1.31. The number of aliphatic hydroxyl groups is 1. The van der Waals surface area contributed by atoms with E-state index in [4.69, 9.17) is 0 Å². The van der Waals surface area contributed by atoms with E-state index in [1.165, 1.54) is 8.93 Å². The van der Waals surface area contributed by atoms with Gasteiger partial charge in [0.15, 0.2) is 5.82 Å². The summed E-state index contributed by atoms with van der Waals surface area (Å²) in [6.45, 7) is 12.4. The van der Waals surface area contributed by atoms with Crippen molar-refractivity contribution in [2.24, 2.45) is 0 Å². The molecule has 0 spiro atoms. The summed E-state index contributed by atoms with van der Waals surface area (Å²) in [5.41, 5.74) is 1.96. The van der Waals surface area contributed by atoms with Crippen LogP contribution in [-0.4, -0.2) is 17.8 Å². The second-order valence-corrected chi connectivity index (χ2v) is 6.16. The van der Waals surface area contributed by atoms with E-state index >= 15 is 0 Å². The molecule has 0 aliphatic carbocycles. The van der Waals surface area contributed by atoms with E-state index in [1.807, 2.05) is 62.7 Å². The molecular weight excluding hydrogens is 492 g/mol. The molecule has 0 amide bonds. The van der Waals surface area contributed by atoms with Crippen LogP contribution >= 0.6 is 46.1 Å². The quantitative estimate of drug-likeness (QED) is 0.309. The van der Waals surface area contributed by atoms with Crippen LogP contribution in [-0.2, 0) is 6.42 Å². The number of halogens is 3. The molecule has 1 aromatic rings. The molecule has 0 saturated heterocycles. The molecule has 0 bridgehead atoms. The normalized spacial score (nSPS) is 13.9. The molecule has 1 aliphatic rings. The Balaban J connectivity index is 0. The third-order valence-electron chi connectivity index (χ3n) is 2.49. The Morgan fingerprint density at radius 2 is 1.87 bits per heavy atom. The first kappa shape index (κ1) is 25.3. The van der Waals surface area contributed by atoms with Gasteiger partial charge in [-0.3, -0.25) is 0 Å². The second kappa shape index (κ2) is 15.6. The summed E-state index contributed by atoms with van der Waals surface area (Å²) >= 11 is 5.22. The highest BCUT2D eigenvalue weighted by Gasteiger charge is 2.22. The summed E-state index contributed by atoms with van der Waals surface area (Å²) in [6, 6.07) is 1.70. The van der Waals surface area contributed by atoms with Crippen LogP contribution in [0.3, 0.4) is 0 Å². The van der Waals surface area contributed by atoms with Gasteiger partial charge >= 0.3 is 0 Å². The van der Waals surface area contributed by atoms with E-state index in [9.17, 15) is 9.50 Å². The van der Waals surface area contributed by atoms with Gasteiger partial charge in [0, 0.05) is 34.2 Å². The number of rotatable bonds is 0. The number of anilines is 1. The molecular formula is C17H26BrFINOS. The number of β-amino-alcohol motifs (C(OH)–C–C–N with tert-alkyl or cyclic N) is 1. The molecule has 2 rings (SSSR count). The summed E-state index contributed by atoms with van der Waals surface area (Å²) in [6.07, 6.45) is 0.0902. The monoisotopic (exact) mass is 517 g/mol. The number of hydrogen-bond donors (Lipinski definition) is 2. The minimum Gasteiger partial charge on any atom is -0.391 e. The molecule has 1 unspecified atom stereocenters. The Kier molecular flexibility index (Phi) is 17.1. The topological polar surface area (TPSA) is 32.3 Å². The van der Waals surface area contributed by atoms with Gasteiger partial charge in [-0.25, -0.2) is 4.39 Å². The molecule has 0 fully saturated rings. The predicted octanol–water partition coefficient (Wildman–Crippen LogP) is 6.39. The molecule has 1 aliphatic heterocycles. The Hall–Kier alpha value is 0.0300. The van der Waals surface area contributed by atoms with Crippen molar-refractivity contribution in [3.63, 3.8) is 0 Å². The largest absolute Gasteiger partial charge is 0.391 e. The highest BCUT2D eigenvalue weighted by molar-refractivity contribution is 14.2. The fraction of sp³-hybridized carbons (Fsp3) is 0.529. The maximum absolute atomic E-state index is 13.9. The van der Waals surface area contributed by atoms with Crippen molar-refractivity contribution < 1.29 is 9.50 Å². The molecule has 0 radical (unpaired) electrons. The van der Waals surface area contributed by atoms with E-state index < -0.39 is 6.10 Å². The molecule has 6 heteroatoms. The Morgan fingerprint density at radius 1 is 1.30 bits per heavy atom. The van der Waals surface area contributed by atoms with Crippen molar-refractivity contribution in [3.8, 4) is 11.2 Å². The van der Waals surface area contributed by atoms with Crippen LogP contribution in [0.4, 0.5) is 10.1 Å². The van der Waals surface area contributed by atoms with Gasteiger partial charge in [0.2, 0.25) is 0 Å². The van der Waals surface area contributed by atoms with E-state index in [1.54, 1.807) is 6.07 Å². The molecule has 2 N–H and O–H groups in total. The van der Waals surface area contributed by atoms with Gasteiger partial charge in [-0.15, -0.1) is 0 Å². The van der Waals surface area contributed by atoms with Crippen LogP contribution in [0, 0.1) is 17.0 Å². The van der Waals surface area contributed by atoms with Crippen molar-refractivity contribution >= 4 is 51.8 Å². The molecule has 1 heterocycles. The smallest absolute Gasteiger partial charge is 0.155 e. The highest BCUT2D eigenvalue weighted by Crippen LogP contribution is 2.32. The fourth-order valence-electron chi connectivity index (χ4n) is 1.77. The number of hydrogen-bond acceptors (Lipinski definition) is 3. The van der Waals surface area contributed by atoms with Crippen molar-refractivity contribution in [3.05, 3.63) is 27.5 Å². The first-order valence-electron chi connectivity index (χ1n) is 7.85. The van der Waals surface area contributed by atoms with Crippen LogP contribution in [0.25, 0.3) is 0 Å². The minimum atomic E-state index is -0.431. The Morgan fingerprint density at radius 3 is 2.39 bits per heavy atom. The van der Waals surface area contributed by atoms with Crippen LogP contribution in [0.5, 0.6) is 0 Å². The lowest BCUT2D eigenvalue weighted by atomic mass is 9.98. The zero-order chi connectivity index (χ0) is 18.4. The summed E-state index contributed by atoms with van der Waals surface area (Å²) in [5, 5.41) is 15.4. The van der Waals surface area contributed by atoms with Gasteiger partial charge in [-0.2, -0.15) is 0 Å². The van der Waals surface area contributed by atoms with E-state index in [2.05, 4.69) is 32.4 Å². The van der Waals surface area contributed by atoms with Crippen molar-refractivity contribution in [1.82, 2.24) is 0 Å². The predicted molar refractivity (Wildman–Crippen MR) is 115 cm³/mol. The molecule has 23 heavy (non-hydrogen) atoms. The maximum atomic E-state index is 13.9. The van der Waals surface area contributed by atoms with Crippen LogP contribution in [0.1, 0.15) is 52.7 Å². The van der Waals surface area contributed by atoms with Gasteiger partial charge in [0.25, 0.3) is 0 Å².